The first-order valence-electron chi connectivity index (χ1n) is 6.90. The lowest BCUT2D eigenvalue weighted by atomic mass is 9.92. The highest BCUT2D eigenvalue weighted by atomic mass is 14.7. The van der Waals surface area contributed by atoms with E-state index in [1.165, 1.54) is 44.2 Å². The molecule has 17 heavy (non-hydrogen) atoms. The molecule has 94 valence electrons. The Morgan fingerprint density at radius 3 is 2.71 bits per heavy atom. The van der Waals surface area contributed by atoms with Gasteiger partial charge in [0, 0.05) is 17.8 Å². The van der Waals surface area contributed by atoms with Crippen molar-refractivity contribution < 1.29 is 0 Å². The molecule has 0 N–H and O–H groups in total. The minimum atomic E-state index is 0.654. The average Bonchev–Trinajstić information content (AvgIpc) is 2.39. The number of unbranched alkanes of at least 4 members (excludes halogenated alkanes) is 3. The van der Waals surface area contributed by atoms with Gasteiger partial charge in [0.1, 0.15) is 0 Å². The highest BCUT2D eigenvalue weighted by Crippen LogP contribution is 2.26. The van der Waals surface area contributed by atoms with Gasteiger partial charge in [0.05, 0.1) is 0 Å². The molecular formula is C16H25N. The van der Waals surface area contributed by atoms with Crippen LogP contribution in [-0.4, -0.2) is 4.98 Å². The topological polar surface area (TPSA) is 12.9 Å². The maximum Gasteiger partial charge on any atom is 0.0434 e. The molecule has 1 heterocycles. The minimum absolute atomic E-state index is 0.654. The van der Waals surface area contributed by atoms with Gasteiger partial charge in [0.15, 0.2) is 0 Å². The molecule has 1 aromatic heterocycles. The molecule has 0 amide bonds. The largest absolute Gasteiger partial charge is 0.261 e. The Hall–Kier alpha value is -1.11. The summed E-state index contributed by atoms with van der Waals surface area (Å²) in [5, 5.41) is 0. The van der Waals surface area contributed by atoms with Crippen LogP contribution in [0.1, 0.15) is 63.5 Å². The molecule has 0 saturated carbocycles. The highest BCUT2D eigenvalue weighted by Gasteiger charge is 2.11. The van der Waals surface area contributed by atoms with Crippen LogP contribution in [0.5, 0.6) is 0 Å². The van der Waals surface area contributed by atoms with Crippen molar-refractivity contribution in [3.8, 4) is 0 Å². The van der Waals surface area contributed by atoms with Crippen LogP contribution in [-0.2, 0) is 0 Å². The smallest absolute Gasteiger partial charge is 0.0434 e. The first kappa shape index (κ1) is 14.0. The Morgan fingerprint density at radius 1 is 1.24 bits per heavy atom. The minimum Gasteiger partial charge on any atom is -0.261 e. The van der Waals surface area contributed by atoms with Crippen LogP contribution < -0.4 is 0 Å². The normalized spacial score (nSPS) is 12.3. The van der Waals surface area contributed by atoms with E-state index in [0.29, 0.717) is 5.92 Å². The fourth-order valence-corrected chi connectivity index (χ4v) is 2.19. The number of aromatic nitrogens is 1. The highest BCUT2D eigenvalue weighted by molar-refractivity contribution is 5.09. The second kappa shape index (κ2) is 8.98. The SMILES string of the molecule is C=CCCCCC(CCCC)c1ccccn1. The molecule has 0 aromatic carbocycles. The van der Waals surface area contributed by atoms with Gasteiger partial charge < -0.3 is 0 Å². The molecule has 1 unspecified atom stereocenters. The Balaban J connectivity index is 2.45. The zero-order valence-corrected chi connectivity index (χ0v) is 11.1. The molecule has 0 radical (unpaired) electrons. The zero-order chi connectivity index (χ0) is 12.3. The fourth-order valence-electron chi connectivity index (χ4n) is 2.19. The van der Waals surface area contributed by atoms with Gasteiger partial charge in [-0.1, -0.05) is 38.3 Å². The van der Waals surface area contributed by atoms with E-state index in [-0.39, 0.29) is 0 Å². The van der Waals surface area contributed by atoms with Gasteiger partial charge in [-0.05, 0) is 37.8 Å². The third kappa shape index (κ3) is 5.67. The summed E-state index contributed by atoms with van der Waals surface area (Å²) in [4.78, 5) is 4.51. The molecule has 1 atom stereocenters. The fraction of sp³-hybridized carbons (Fsp3) is 0.562. The van der Waals surface area contributed by atoms with Gasteiger partial charge >= 0.3 is 0 Å². The summed E-state index contributed by atoms with van der Waals surface area (Å²) < 4.78 is 0. The van der Waals surface area contributed by atoms with E-state index < -0.39 is 0 Å². The number of hydrogen-bond acceptors (Lipinski definition) is 1. The summed E-state index contributed by atoms with van der Waals surface area (Å²) in [6.07, 6.45) is 12.8. The number of allylic oxidation sites excluding steroid dienone is 1. The van der Waals surface area contributed by atoms with E-state index in [4.69, 9.17) is 0 Å². The second-order valence-electron chi connectivity index (χ2n) is 4.67. The van der Waals surface area contributed by atoms with Crippen molar-refractivity contribution in [2.75, 3.05) is 0 Å². The first-order valence-corrected chi connectivity index (χ1v) is 6.90. The predicted octanol–water partition coefficient (Wildman–Crippen LogP) is 5.10. The van der Waals surface area contributed by atoms with Crippen LogP contribution in [0.3, 0.4) is 0 Å². The monoisotopic (exact) mass is 231 g/mol. The van der Waals surface area contributed by atoms with Gasteiger partial charge in [-0.15, -0.1) is 6.58 Å². The van der Waals surface area contributed by atoms with Gasteiger partial charge in [0.2, 0.25) is 0 Å². The summed E-state index contributed by atoms with van der Waals surface area (Å²) in [5.74, 6) is 0.654. The summed E-state index contributed by atoms with van der Waals surface area (Å²) in [6, 6.07) is 6.27. The van der Waals surface area contributed by atoms with Crippen molar-refractivity contribution in [3.63, 3.8) is 0 Å². The van der Waals surface area contributed by atoms with Gasteiger partial charge in [0.25, 0.3) is 0 Å². The molecule has 1 rings (SSSR count). The third-order valence-electron chi connectivity index (χ3n) is 3.22. The lowest BCUT2D eigenvalue weighted by molar-refractivity contribution is 0.509. The lowest BCUT2D eigenvalue weighted by Crippen LogP contribution is -2.01. The summed E-state index contributed by atoms with van der Waals surface area (Å²) >= 11 is 0. The quantitative estimate of drug-likeness (QED) is 0.425. The average molecular weight is 231 g/mol. The third-order valence-corrected chi connectivity index (χ3v) is 3.22. The van der Waals surface area contributed by atoms with Crippen LogP contribution in [0, 0.1) is 0 Å². The predicted molar refractivity (Wildman–Crippen MR) is 75.2 cm³/mol. The van der Waals surface area contributed by atoms with Gasteiger partial charge in [-0.25, -0.2) is 0 Å². The van der Waals surface area contributed by atoms with Crippen LogP contribution >= 0.6 is 0 Å². The zero-order valence-electron chi connectivity index (χ0n) is 11.1. The first-order chi connectivity index (χ1) is 8.38. The summed E-state index contributed by atoms with van der Waals surface area (Å²) in [6.45, 7) is 6.03. The Morgan fingerprint density at radius 2 is 2.06 bits per heavy atom. The molecule has 1 nitrogen and oxygen atoms in total. The molecule has 0 bridgehead atoms. The number of nitrogens with zero attached hydrogens (tertiary/aromatic N) is 1. The molecule has 1 aromatic rings. The van der Waals surface area contributed by atoms with Gasteiger partial charge in [-0.2, -0.15) is 0 Å². The van der Waals surface area contributed by atoms with E-state index in [1.807, 2.05) is 18.3 Å². The van der Waals surface area contributed by atoms with Crippen molar-refractivity contribution in [1.82, 2.24) is 4.98 Å². The van der Waals surface area contributed by atoms with E-state index in [1.54, 1.807) is 0 Å². The number of hydrogen-bond donors (Lipinski definition) is 0. The molecule has 0 saturated heterocycles. The molecule has 0 fully saturated rings. The Bertz CT molecular complexity index is 292. The summed E-state index contributed by atoms with van der Waals surface area (Å²) in [5.41, 5.74) is 1.28. The van der Waals surface area contributed by atoms with Gasteiger partial charge in [-0.3, -0.25) is 4.98 Å². The molecular weight excluding hydrogens is 206 g/mol. The van der Waals surface area contributed by atoms with Crippen molar-refractivity contribution in [2.24, 2.45) is 0 Å². The molecule has 0 aliphatic heterocycles. The maximum absolute atomic E-state index is 4.51. The number of rotatable bonds is 9. The van der Waals surface area contributed by atoms with E-state index in [0.717, 1.165) is 6.42 Å². The van der Waals surface area contributed by atoms with Crippen LogP contribution in [0.15, 0.2) is 37.1 Å². The molecule has 1 heteroatoms. The van der Waals surface area contributed by atoms with E-state index in [2.05, 4.69) is 30.6 Å². The van der Waals surface area contributed by atoms with Crippen molar-refractivity contribution in [2.45, 2.75) is 57.8 Å². The van der Waals surface area contributed by atoms with E-state index in [9.17, 15) is 0 Å². The lowest BCUT2D eigenvalue weighted by Gasteiger charge is -2.15. The second-order valence-corrected chi connectivity index (χ2v) is 4.67. The molecule has 0 spiro atoms. The van der Waals surface area contributed by atoms with E-state index >= 15 is 0 Å². The van der Waals surface area contributed by atoms with Crippen molar-refractivity contribution in [3.05, 3.63) is 42.7 Å². The van der Waals surface area contributed by atoms with Crippen LogP contribution in [0.25, 0.3) is 0 Å². The van der Waals surface area contributed by atoms with Crippen LogP contribution in [0.4, 0.5) is 0 Å². The van der Waals surface area contributed by atoms with Crippen LogP contribution in [0.2, 0.25) is 0 Å². The number of pyridine rings is 1. The standard InChI is InChI=1S/C16H25N/c1-3-5-7-8-12-15(11-6-4-2)16-13-9-10-14-17-16/h3,9-10,13-15H,1,4-8,11-12H2,2H3. The Kier molecular flexibility index (Phi) is 7.37. The van der Waals surface area contributed by atoms with Crippen molar-refractivity contribution >= 4 is 0 Å². The summed E-state index contributed by atoms with van der Waals surface area (Å²) in [7, 11) is 0. The molecule has 0 aliphatic carbocycles. The van der Waals surface area contributed by atoms with Crippen molar-refractivity contribution in [1.29, 1.82) is 0 Å². The molecule has 0 aliphatic rings. The Labute approximate surface area is 106 Å². The maximum atomic E-state index is 4.51.